The Morgan fingerprint density at radius 3 is 0.933 bits per heavy atom. The van der Waals surface area contributed by atoms with Gasteiger partial charge in [0.1, 0.15) is 0 Å². The molecule has 5 rings (SSSR count). The summed E-state index contributed by atoms with van der Waals surface area (Å²) >= 11 is 0. The number of rotatable bonds is 0. The molecule has 6 atom stereocenters. The van der Waals surface area contributed by atoms with Crippen molar-refractivity contribution in [2.75, 3.05) is 13.2 Å². The van der Waals surface area contributed by atoms with Gasteiger partial charge in [0.25, 0.3) is 0 Å². The zero-order valence-corrected chi connectivity index (χ0v) is 28.2. The molecule has 0 spiro atoms. The van der Waals surface area contributed by atoms with Gasteiger partial charge in [0, 0.05) is 13.2 Å². The number of aryl methyl sites for hydroxylation is 2. The predicted molar refractivity (Wildman–Crippen MR) is 211 cm³/mol. The van der Waals surface area contributed by atoms with Gasteiger partial charge >= 0.3 is 0 Å². The molecular weight excluding hydrogens is 548 g/mol. The fourth-order valence-corrected chi connectivity index (χ4v) is 4.86. The summed E-state index contributed by atoms with van der Waals surface area (Å²) in [5, 5.41) is 0. The molecule has 1 aromatic rings. The summed E-state index contributed by atoms with van der Waals surface area (Å²) in [6, 6.07) is 8.48. The van der Waals surface area contributed by atoms with E-state index in [4.69, 9.17) is 9.47 Å². The molecule has 0 aromatic heterocycles. The Kier molecular flexibility index (Phi) is 36.9. The molecular formula is C43H86O2. The average molecular weight is 635 g/mol. The van der Waals surface area contributed by atoms with Crippen LogP contribution in [0.5, 0.6) is 0 Å². The number of hydrogen-bond donors (Lipinski definition) is 0. The first-order valence-electron chi connectivity index (χ1n) is 16.5. The maximum absolute atomic E-state index is 5.39. The Balaban J connectivity index is -0.000000144. The third-order valence-electron chi connectivity index (χ3n) is 8.48. The van der Waals surface area contributed by atoms with Gasteiger partial charge in [-0.05, 0) is 129 Å². The van der Waals surface area contributed by atoms with Crippen molar-refractivity contribution in [2.24, 2.45) is 23.7 Å². The van der Waals surface area contributed by atoms with Crippen molar-refractivity contribution < 1.29 is 9.47 Å². The van der Waals surface area contributed by atoms with Crippen LogP contribution in [0, 0.1) is 37.5 Å². The molecule has 45 heavy (non-hydrogen) atoms. The maximum Gasteiger partial charge on any atom is 0.0547 e. The monoisotopic (exact) mass is 635 g/mol. The highest BCUT2D eigenvalue weighted by atomic mass is 16.5. The van der Waals surface area contributed by atoms with Gasteiger partial charge in [-0.15, -0.1) is 0 Å². The first-order valence-corrected chi connectivity index (χ1v) is 16.5. The van der Waals surface area contributed by atoms with Crippen LogP contribution in [0.15, 0.2) is 47.6 Å². The van der Waals surface area contributed by atoms with Crippen molar-refractivity contribution >= 4 is 0 Å². The van der Waals surface area contributed by atoms with E-state index in [9.17, 15) is 0 Å². The Labute approximate surface area is 287 Å². The Hall–Kier alpha value is -1.38. The quantitative estimate of drug-likeness (QED) is 0.264. The largest absolute Gasteiger partial charge is 0.378 e. The molecule has 2 fully saturated rings. The summed E-state index contributed by atoms with van der Waals surface area (Å²) in [5.74, 6) is 3.48. The minimum atomic E-state index is 0. The van der Waals surface area contributed by atoms with Crippen LogP contribution in [-0.4, -0.2) is 25.4 Å². The Bertz CT molecular complexity index is 716. The first kappa shape index (κ1) is 53.1. The molecule has 0 saturated carbocycles. The molecule has 2 heterocycles. The molecule has 2 aliphatic carbocycles. The van der Waals surface area contributed by atoms with Gasteiger partial charge in [0.15, 0.2) is 0 Å². The van der Waals surface area contributed by atoms with Crippen molar-refractivity contribution in [1.82, 2.24) is 0 Å². The van der Waals surface area contributed by atoms with Gasteiger partial charge in [-0.25, -0.2) is 0 Å². The van der Waals surface area contributed by atoms with E-state index in [1.807, 2.05) is 0 Å². The zero-order chi connectivity index (χ0) is 29.9. The van der Waals surface area contributed by atoms with Crippen LogP contribution in [-0.2, 0) is 9.47 Å². The van der Waals surface area contributed by atoms with Crippen LogP contribution in [0.1, 0.15) is 168 Å². The molecule has 1 aromatic carbocycles. The number of ether oxygens (including phenoxy) is 2. The molecule has 0 N–H and O–H groups in total. The molecule has 0 amide bonds. The minimum Gasteiger partial charge on any atom is -0.378 e. The summed E-state index contributed by atoms with van der Waals surface area (Å²) in [5.41, 5.74) is 5.83. The minimum absolute atomic E-state index is 0. The van der Waals surface area contributed by atoms with Crippen molar-refractivity contribution in [3.8, 4) is 0 Å². The van der Waals surface area contributed by atoms with Crippen LogP contribution < -0.4 is 0 Å². The van der Waals surface area contributed by atoms with E-state index >= 15 is 0 Å². The van der Waals surface area contributed by atoms with Crippen LogP contribution in [0.3, 0.4) is 0 Å². The van der Waals surface area contributed by atoms with Gasteiger partial charge in [-0.2, -0.15) is 0 Å². The fourth-order valence-electron chi connectivity index (χ4n) is 4.86. The van der Waals surface area contributed by atoms with E-state index in [-0.39, 0.29) is 37.1 Å². The molecule has 2 aliphatic heterocycles. The number of allylic oxidation sites excluding steroid dienone is 4. The van der Waals surface area contributed by atoms with Crippen LogP contribution in [0.2, 0.25) is 0 Å². The highest BCUT2D eigenvalue weighted by molar-refractivity contribution is 5.19. The van der Waals surface area contributed by atoms with Gasteiger partial charge in [0.05, 0.1) is 12.2 Å². The molecule has 270 valence electrons. The molecule has 2 heteroatoms. The molecule has 4 aliphatic rings. The summed E-state index contributed by atoms with van der Waals surface area (Å²) in [6.45, 7) is 24.0. The highest BCUT2D eigenvalue weighted by Gasteiger charge is 2.14. The lowest BCUT2D eigenvalue weighted by Gasteiger charge is -2.23. The van der Waals surface area contributed by atoms with Crippen molar-refractivity contribution in [3.63, 3.8) is 0 Å². The smallest absolute Gasteiger partial charge is 0.0547 e. The van der Waals surface area contributed by atoms with Crippen molar-refractivity contribution in [2.45, 2.75) is 183 Å². The van der Waals surface area contributed by atoms with Gasteiger partial charge in [0.2, 0.25) is 0 Å². The van der Waals surface area contributed by atoms with Crippen LogP contribution in [0.4, 0.5) is 0 Å². The SMILES string of the molecule is C.C.C.C.C.CC1=CCC(C)CC1.CC1=CCC(C)CC1.CC1CCC(C)OC1.CC1CCC(C)OC1.Cc1ccc(C)cc1. The fraction of sp³-hybridized carbons (Fsp3) is 0.767. The summed E-state index contributed by atoms with van der Waals surface area (Å²) < 4.78 is 10.8. The van der Waals surface area contributed by atoms with Crippen LogP contribution >= 0.6 is 0 Å². The molecule has 0 radical (unpaired) electrons. The lowest BCUT2D eigenvalue weighted by molar-refractivity contribution is 0.000174. The zero-order valence-electron chi connectivity index (χ0n) is 28.2. The molecule has 0 bridgehead atoms. The average Bonchev–Trinajstić information content (AvgIpc) is 2.94. The second kappa shape index (κ2) is 31.2. The third-order valence-corrected chi connectivity index (χ3v) is 8.48. The lowest BCUT2D eigenvalue weighted by Crippen LogP contribution is -2.21. The molecule has 2 nitrogen and oxygen atoms in total. The van der Waals surface area contributed by atoms with E-state index in [1.54, 1.807) is 11.1 Å². The summed E-state index contributed by atoms with van der Waals surface area (Å²) in [7, 11) is 0. The van der Waals surface area contributed by atoms with E-state index in [0.717, 1.165) is 36.9 Å². The van der Waals surface area contributed by atoms with Crippen molar-refractivity contribution in [3.05, 3.63) is 58.7 Å². The van der Waals surface area contributed by atoms with Gasteiger partial charge in [-0.1, -0.05) is 124 Å². The van der Waals surface area contributed by atoms with Crippen molar-refractivity contribution in [1.29, 1.82) is 0 Å². The van der Waals surface area contributed by atoms with E-state index in [2.05, 4.69) is 106 Å². The lowest BCUT2D eigenvalue weighted by atomic mass is 9.92. The number of benzene rings is 1. The van der Waals surface area contributed by atoms with Gasteiger partial charge < -0.3 is 9.47 Å². The van der Waals surface area contributed by atoms with E-state index in [1.165, 1.54) is 75.3 Å². The molecule has 2 saturated heterocycles. The predicted octanol–water partition coefficient (Wildman–Crippen LogP) is 14.6. The highest BCUT2D eigenvalue weighted by Crippen LogP contribution is 2.22. The Morgan fingerprint density at radius 2 is 0.756 bits per heavy atom. The van der Waals surface area contributed by atoms with E-state index in [0.29, 0.717) is 12.2 Å². The number of hydrogen-bond acceptors (Lipinski definition) is 2. The topological polar surface area (TPSA) is 18.5 Å². The van der Waals surface area contributed by atoms with Crippen LogP contribution in [0.25, 0.3) is 0 Å². The van der Waals surface area contributed by atoms with Gasteiger partial charge in [-0.3, -0.25) is 0 Å². The summed E-state index contributed by atoms with van der Waals surface area (Å²) in [4.78, 5) is 0. The normalized spacial score (nSPS) is 26.4. The Morgan fingerprint density at radius 1 is 0.444 bits per heavy atom. The third kappa shape index (κ3) is 29.7. The maximum atomic E-state index is 5.39. The second-order valence-electron chi connectivity index (χ2n) is 13.7. The molecule has 6 unspecified atom stereocenters. The second-order valence-corrected chi connectivity index (χ2v) is 13.7. The first-order chi connectivity index (χ1) is 18.9. The summed E-state index contributed by atoms with van der Waals surface area (Å²) in [6.07, 6.45) is 19.1. The van der Waals surface area contributed by atoms with E-state index < -0.39 is 0 Å². The standard InChI is InChI=1S/2C8H14.C8H10.2C7H14O.5CH4/c3*1-7-3-5-8(2)6-4-7;2*1-6-3-4-7(2)8-5-6;;;;;/h2*3,8H,4-6H2,1-2H3;3-6H,1-2H3;2*6-7H,3-5H2,1-2H3;5*1H4.